The zero-order valence-electron chi connectivity index (χ0n) is 10.6. The monoisotopic (exact) mass is 270 g/mol. The maximum atomic E-state index is 12.0. The van der Waals surface area contributed by atoms with Crippen LogP contribution < -0.4 is 11.1 Å². The largest absolute Gasteiger partial charge is 0.478 e. The maximum Gasteiger partial charge on any atom is 0.335 e. The van der Waals surface area contributed by atoms with Crippen LogP contribution >= 0.6 is 0 Å². The van der Waals surface area contributed by atoms with Gasteiger partial charge in [-0.1, -0.05) is 30.3 Å². The van der Waals surface area contributed by atoms with Gasteiger partial charge in [0.15, 0.2) is 0 Å². The van der Waals surface area contributed by atoms with Crippen LogP contribution in [0.15, 0.2) is 54.6 Å². The van der Waals surface area contributed by atoms with Gasteiger partial charge >= 0.3 is 5.97 Å². The first-order valence-corrected chi connectivity index (χ1v) is 6.02. The van der Waals surface area contributed by atoms with E-state index >= 15 is 0 Å². The Labute approximate surface area is 116 Å². The number of benzene rings is 2. The molecule has 0 fully saturated rings. The Balaban J connectivity index is 2.06. The van der Waals surface area contributed by atoms with Crippen molar-refractivity contribution in [1.29, 1.82) is 0 Å². The molecule has 5 heteroatoms. The Bertz CT molecular complexity index is 609. The van der Waals surface area contributed by atoms with E-state index in [0.717, 1.165) is 0 Å². The van der Waals surface area contributed by atoms with Gasteiger partial charge in [0.2, 0.25) is 5.91 Å². The van der Waals surface area contributed by atoms with Gasteiger partial charge in [0.25, 0.3) is 0 Å². The van der Waals surface area contributed by atoms with Crippen molar-refractivity contribution < 1.29 is 14.7 Å². The Morgan fingerprint density at radius 3 is 2.15 bits per heavy atom. The number of carboxylic acid groups (broad SMARTS) is 1. The van der Waals surface area contributed by atoms with Gasteiger partial charge < -0.3 is 16.2 Å². The summed E-state index contributed by atoms with van der Waals surface area (Å²) < 4.78 is 0. The van der Waals surface area contributed by atoms with Crippen molar-refractivity contribution in [3.05, 3.63) is 65.7 Å². The molecule has 0 spiro atoms. The van der Waals surface area contributed by atoms with Gasteiger partial charge in [-0.05, 0) is 29.8 Å². The molecule has 0 aromatic heterocycles. The third kappa shape index (κ3) is 3.21. The summed E-state index contributed by atoms with van der Waals surface area (Å²) in [6, 6.07) is 14.1. The van der Waals surface area contributed by atoms with Gasteiger partial charge in [0.05, 0.1) is 5.56 Å². The summed E-state index contributed by atoms with van der Waals surface area (Å²) in [4.78, 5) is 22.7. The van der Waals surface area contributed by atoms with E-state index in [9.17, 15) is 9.59 Å². The number of amides is 1. The summed E-state index contributed by atoms with van der Waals surface area (Å²) in [5.41, 5.74) is 7.24. The lowest BCUT2D eigenvalue weighted by atomic mass is 10.1. The Kier molecular flexibility index (Phi) is 4.12. The molecule has 5 nitrogen and oxygen atoms in total. The average Bonchev–Trinajstić information content (AvgIpc) is 2.48. The first kappa shape index (κ1) is 13.8. The number of carbonyl (C=O) groups excluding carboxylic acids is 1. The van der Waals surface area contributed by atoms with Crippen LogP contribution in [0.5, 0.6) is 0 Å². The SMILES string of the molecule is N[C@@H](C(=O)Nc1ccc(C(=O)O)cc1)c1ccccc1. The summed E-state index contributed by atoms with van der Waals surface area (Å²) in [7, 11) is 0. The van der Waals surface area contributed by atoms with Crippen molar-refractivity contribution in [3.63, 3.8) is 0 Å². The van der Waals surface area contributed by atoms with Crippen LogP contribution in [0.25, 0.3) is 0 Å². The number of carbonyl (C=O) groups is 2. The molecule has 0 aliphatic rings. The van der Waals surface area contributed by atoms with Gasteiger partial charge in [-0.15, -0.1) is 0 Å². The molecule has 0 saturated heterocycles. The molecule has 0 aliphatic heterocycles. The molecular formula is C15H14N2O3. The van der Waals surface area contributed by atoms with Crippen molar-refractivity contribution in [3.8, 4) is 0 Å². The van der Waals surface area contributed by atoms with E-state index in [1.807, 2.05) is 18.2 Å². The quantitative estimate of drug-likeness (QED) is 0.792. The van der Waals surface area contributed by atoms with Crippen molar-refractivity contribution in [2.75, 3.05) is 5.32 Å². The van der Waals surface area contributed by atoms with Gasteiger partial charge in [0, 0.05) is 5.69 Å². The summed E-state index contributed by atoms with van der Waals surface area (Å²) in [5.74, 6) is -1.36. The maximum absolute atomic E-state index is 12.0. The normalized spacial score (nSPS) is 11.7. The predicted octanol–water partition coefficient (Wildman–Crippen LogP) is 2.02. The molecule has 0 saturated carbocycles. The highest BCUT2D eigenvalue weighted by molar-refractivity contribution is 5.96. The average molecular weight is 270 g/mol. The second-order valence-corrected chi connectivity index (χ2v) is 4.26. The molecule has 0 aliphatic carbocycles. The van der Waals surface area contributed by atoms with Crippen molar-refractivity contribution >= 4 is 17.6 Å². The van der Waals surface area contributed by atoms with Crippen molar-refractivity contribution in [2.24, 2.45) is 5.73 Å². The number of anilines is 1. The van der Waals surface area contributed by atoms with Crippen LogP contribution in [0, 0.1) is 0 Å². The second-order valence-electron chi connectivity index (χ2n) is 4.26. The first-order chi connectivity index (χ1) is 9.58. The lowest BCUT2D eigenvalue weighted by Gasteiger charge is -2.12. The molecule has 102 valence electrons. The summed E-state index contributed by atoms with van der Waals surface area (Å²) >= 11 is 0. The summed E-state index contributed by atoms with van der Waals surface area (Å²) in [6.07, 6.45) is 0. The smallest absolute Gasteiger partial charge is 0.335 e. The van der Waals surface area contributed by atoms with E-state index in [-0.39, 0.29) is 11.5 Å². The van der Waals surface area contributed by atoms with E-state index in [1.165, 1.54) is 24.3 Å². The van der Waals surface area contributed by atoms with E-state index in [2.05, 4.69) is 5.32 Å². The summed E-state index contributed by atoms with van der Waals surface area (Å²) in [6.45, 7) is 0. The highest BCUT2D eigenvalue weighted by Gasteiger charge is 2.15. The Morgan fingerprint density at radius 1 is 1.00 bits per heavy atom. The van der Waals surface area contributed by atoms with Crippen molar-refractivity contribution in [2.45, 2.75) is 6.04 Å². The molecule has 2 aromatic rings. The Morgan fingerprint density at radius 2 is 1.60 bits per heavy atom. The zero-order valence-corrected chi connectivity index (χ0v) is 10.6. The highest BCUT2D eigenvalue weighted by atomic mass is 16.4. The number of nitrogens with one attached hydrogen (secondary N) is 1. The molecule has 0 radical (unpaired) electrons. The van der Waals surface area contributed by atoms with Crippen LogP contribution in [0.1, 0.15) is 22.0 Å². The molecule has 1 atom stereocenters. The summed E-state index contributed by atoms with van der Waals surface area (Å²) in [5, 5.41) is 11.4. The van der Waals surface area contributed by atoms with Gasteiger partial charge in [-0.2, -0.15) is 0 Å². The van der Waals surface area contributed by atoms with Crippen molar-refractivity contribution in [1.82, 2.24) is 0 Å². The van der Waals surface area contributed by atoms with E-state index in [1.54, 1.807) is 12.1 Å². The van der Waals surface area contributed by atoms with E-state index in [4.69, 9.17) is 10.8 Å². The van der Waals surface area contributed by atoms with Crippen LogP contribution in [0.3, 0.4) is 0 Å². The number of carboxylic acids is 1. The minimum atomic E-state index is -1.01. The number of hydrogen-bond donors (Lipinski definition) is 3. The molecule has 2 aromatic carbocycles. The minimum Gasteiger partial charge on any atom is -0.478 e. The molecule has 0 bridgehead atoms. The second kappa shape index (κ2) is 5.99. The van der Waals surface area contributed by atoms with Crippen LogP contribution in [0.4, 0.5) is 5.69 Å². The number of hydrogen-bond acceptors (Lipinski definition) is 3. The lowest BCUT2D eigenvalue weighted by molar-refractivity contribution is -0.117. The Hall–Kier alpha value is -2.66. The topological polar surface area (TPSA) is 92.4 Å². The minimum absolute atomic E-state index is 0.162. The molecule has 4 N–H and O–H groups in total. The molecule has 0 unspecified atom stereocenters. The third-order valence-electron chi connectivity index (χ3n) is 2.84. The molecule has 0 heterocycles. The van der Waals surface area contributed by atoms with Crippen LogP contribution in [-0.4, -0.2) is 17.0 Å². The molecule has 1 amide bonds. The fourth-order valence-electron chi connectivity index (χ4n) is 1.73. The number of nitrogens with two attached hydrogens (primary N) is 1. The van der Waals surface area contributed by atoms with Crippen LogP contribution in [0.2, 0.25) is 0 Å². The van der Waals surface area contributed by atoms with Gasteiger partial charge in [-0.25, -0.2) is 4.79 Å². The van der Waals surface area contributed by atoms with E-state index in [0.29, 0.717) is 11.3 Å². The number of aromatic carboxylic acids is 1. The third-order valence-corrected chi connectivity index (χ3v) is 2.84. The van der Waals surface area contributed by atoms with Gasteiger partial charge in [0.1, 0.15) is 6.04 Å². The predicted molar refractivity (Wildman–Crippen MR) is 75.4 cm³/mol. The standard InChI is InChI=1S/C15H14N2O3/c16-13(10-4-2-1-3-5-10)14(18)17-12-8-6-11(7-9-12)15(19)20/h1-9,13H,16H2,(H,17,18)(H,19,20)/t13-/m1/s1. The fourth-order valence-corrected chi connectivity index (χ4v) is 1.73. The number of rotatable bonds is 4. The van der Waals surface area contributed by atoms with E-state index < -0.39 is 12.0 Å². The van der Waals surface area contributed by atoms with Gasteiger partial charge in [-0.3, -0.25) is 4.79 Å². The van der Waals surface area contributed by atoms with Crippen LogP contribution in [-0.2, 0) is 4.79 Å². The molecule has 2 rings (SSSR count). The molecule has 20 heavy (non-hydrogen) atoms. The fraction of sp³-hybridized carbons (Fsp3) is 0.0667. The highest BCUT2D eigenvalue weighted by Crippen LogP contribution is 2.14. The molecular weight excluding hydrogens is 256 g/mol. The zero-order chi connectivity index (χ0) is 14.5. The first-order valence-electron chi connectivity index (χ1n) is 6.02. The lowest BCUT2D eigenvalue weighted by Crippen LogP contribution is -2.27.